The fourth-order valence-electron chi connectivity index (χ4n) is 9.71. The zero-order chi connectivity index (χ0) is 26.2. The van der Waals surface area contributed by atoms with Gasteiger partial charge in [0.2, 0.25) is 0 Å². The van der Waals surface area contributed by atoms with E-state index in [4.69, 9.17) is 4.74 Å². The number of aromatic nitrogens is 3. The first-order valence-corrected chi connectivity index (χ1v) is 14.0. The van der Waals surface area contributed by atoms with Crippen LogP contribution < -0.4 is 0 Å². The van der Waals surface area contributed by atoms with Crippen LogP contribution in [-0.2, 0) is 16.1 Å². The first-order chi connectivity index (χ1) is 17.6. The molecule has 4 saturated carbocycles. The number of halogens is 2. The summed E-state index contributed by atoms with van der Waals surface area (Å²) in [6.07, 6.45) is 8.94. The van der Waals surface area contributed by atoms with Crippen LogP contribution in [0.3, 0.4) is 0 Å². The maximum Gasteiger partial charge on any atom is 0.157 e. The van der Waals surface area contributed by atoms with Crippen LogP contribution in [0.1, 0.15) is 71.6 Å². The molecular formula is C29H39F2N3O3. The minimum absolute atomic E-state index is 0.0368. The Hall–Kier alpha value is -1.93. The van der Waals surface area contributed by atoms with E-state index in [9.17, 15) is 18.7 Å². The van der Waals surface area contributed by atoms with Crippen LogP contribution in [0.4, 0.5) is 8.78 Å². The van der Waals surface area contributed by atoms with E-state index in [1.807, 2.05) is 14.0 Å². The van der Waals surface area contributed by atoms with Crippen molar-refractivity contribution in [1.82, 2.24) is 15.0 Å². The van der Waals surface area contributed by atoms with Gasteiger partial charge in [0.25, 0.3) is 0 Å². The lowest BCUT2D eigenvalue weighted by molar-refractivity contribution is -0.175. The molecule has 4 fully saturated rings. The Bertz CT molecular complexity index is 1210. The summed E-state index contributed by atoms with van der Waals surface area (Å²) in [4.78, 5) is 13.7. The summed E-state index contributed by atoms with van der Waals surface area (Å²) in [5.41, 5.74) is -0.324. The molecule has 0 aliphatic heterocycles. The number of benzene rings is 1. The summed E-state index contributed by atoms with van der Waals surface area (Å²) in [5, 5.41) is 18.7. The van der Waals surface area contributed by atoms with Crippen LogP contribution in [0.5, 0.6) is 0 Å². The van der Waals surface area contributed by atoms with E-state index in [0.29, 0.717) is 23.7 Å². The average Bonchev–Trinajstić information content (AvgIpc) is 3.39. The lowest BCUT2D eigenvalue weighted by Gasteiger charge is -2.62. The quantitative estimate of drug-likeness (QED) is 0.584. The number of fused-ring (bicyclic) bond motifs is 6. The van der Waals surface area contributed by atoms with E-state index < -0.39 is 17.2 Å². The molecule has 4 aliphatic carbocycles. The zero-order valence-corrected chi connectivity index (χ0v) is 22.2. The number of nitrogens with zero attached hydrogens (tertiary/aromatic N) is 3. The first-order valence-electron chi connectivity index (χ1n) is 14.0. The molecule has 1 heterocycles. The second kappa shape index (κ2) is 8.80. The molecule has 0 spiro atoms. The first kappa shape index (κ1) is 25.4. The van der Waals surface area contributed by atoms with Crippen LogP contribution >= 0.6 is 0 Å². The van der Waals surface area contributed by atoms with Crippen molar-refractivity contribution in [3.63, 3.8) is 0 Å². The van der Waals surface area contributed by atoms with Crippen LogP contribution in [0.2, 0.25) is 0 Å². The summed E-state index contributed by atoms with van der Waals surface area (Å²) in [7, 11) is 1.81. The van der Waals surface area contributed by atoms with E-state index in [1.54, 1.807) is 0 Å². The largest absolute Gasteiger partial charge is 0.390 e. The van der Waals surface area contributed by atoms with Gasteiger partial charge in [0.05, 0.1) is 12.2 Å². The van der Waals surface area contributed by atoms with Gasteiger partial charge in [-0.1, -0.05) is 12.1 Å². The highest BCUT2D eigenvalue weighted by Gasteiger charge is 2.63. The topological polar surface area (TPSA) is 77.2 Å². The smallest absolute Gasteiger partial charge is 0.157 e. The number of hydrogen-bond acceptors (Lipinski definition) is 5. The van der Waals surface area contributed by atoms with E-state index in [0.717, 1.165) is 76.5 Å². The van der Waals surface area contributed by atoms with Crippen molar-refractivity contribution in [2.24, 2.45) is 40.4 Å². The van der Waals surface area contributed by atoms with Gasteiger partial charge in [-0.15, -0.1) is 5.10 Å². The van der Waals surface area contributed by atoms with Gasteiger partial charge in [0, 0.05) is 25.2 Å². The molecule has 8 heteroatoms. The molecule has 4 aliphatic rings. The van der Waals surface area contributed by atoms with Crippen molar-refractivity contribution >= 4 is 16.8 Å². The minimum atomic E-state index is -0.740. The highest BCUT2D eigenvalue weighted by Crippen LogP contribution is 2.68. The van der Waals surface area contributed by atoms with Crippen molar-refractivity contribution in [1.29, 1.82) is 0 Å². The number of carbonyl (C=O) groups is 1. The highest BCUT2D eigenvalue weighted by atomic mass is 19.1. The Kier molecular flexibility index (Phi) is 6.03. The molecular weight excluding hydrogens is 476 g/mol. The molecule has 6 rings (SSSR count). The molecule has 2 aromatic rings. The Balaban J connectivity index is 1.24. The van der Waals surface area contributed by atoms with Gasteiger partial charge in [-0.25, -0.2) is 13.5 Å². The number of hydrogen-bond donors (Lipinski definition) is 1. The fraction of sp³-hybridized carbons (Fsp3) is 0.759. The summed E-state index contributed by atoms with van der Waals surface area (Å²) in [5.74, 6) is 0.648. The van der Waals surface area contributed by atoms with Gasteiger partial charge in [-0.2, -0.15) is 0 Å². The molecule has 0 bridgehead atoms. The van der Waals surface area contributed by atoms with Crippen LogP contribution in [0.25, 0.3) is 11.0 Å². The third kappa shape index (κ3) is 3.88. The zero-order valence-electron chi connectivity index (χ0n) is 22.2. The van der Waals surface area contributed by atoms with Gasteiger partial charge >= 0.3 is 0 Å². The molecule has 37 heavy (non-hydrogen) atoms. The molecule has 202 valence electrons. The molecule has 1 N–H and O–H groups in total. The van der Waals surface area contributed by atoms with E-state index in [-0.39, 0.29) is 40.1 Å². The molecule has 1 aromatic heterocycles. The number of Topliss-reactive ketones (excluding diaryl/α,β-unsaturated/α-hetero) is 1. The standard InChI is InChI=1S/C29H39F2N3O3/c1-27(36)10-11-29(16-37-3)17(14-27)4-5-19-20-6-7-22(28(20,2)9-8-21(19)29)25(35)15-34-26-23(31)12-18(30)13-24(26)32-33-34/h12-13,17,19-22,36H,4-11,14-16H2,1-3H3/t17-,19-,20-,21-,22+,27+,28-,29+/m0/s1. The third-order valence-corrected chi connectivity index (χ3v) is 11.3. The predicted octanol–water partition coefficient (Wildman–Crippen LogP) is 5.32. The van der Waals surface area contributed by atoms with Gasteiger partial charge in [-0.3, -0.25) is 4.79 Å². The lowest BCUT2D eigenvalue weighted by atomic mass is 9.43. The predicted molar refractivity (Wildman–Crippen MR) is 134 cm³/mol. The lowest BCUT2D eigenvalue weighted by Crippen LogP contribution is -2.58. The fourth-order valence-corrected chi connectivity index (χ4v) is 9.71. The van der Waals surface area contributed by atoms with Crippen molar-refractivity contribution in [2.75, 3.05) is 13.7 Å². The monoisotopic (exact) mass is 515 g/mol. The van der Waals surface area contributed by atoms with Crippen LogP contribution in [0.15, 0.2) is 12.1 Å². The maximum absolute atomic E-state index is 14.5. The number of ketones is 1. The Morgan fingerprint density at radius 1 is 1.11 bits per heavy atom. The number of ether oxygens (including phenoxy) is 1. The van der Waals surface area contributed by atoms with Gasteiger partial charge < -0.3 is 9.84 Å². The molecule has 0 unspecified atom stereocenters. The normalized spacial score (nSPS) is 41.3. The van der Waals surface area contributed by atoms with Gasteiger partial charge in [-0.05, 0) is 99.2 Å². The molecule has 0 amide bonds. The van der Waals surface area contributed by atoms with Crippen molar-refractivity contribution < 1.29 is 23.4 Å². The Morgan fingerprint density at radius 3 is 2.70 bits per heavy atom. The third-order valence-electron chi connectivity index (χ3n) is 11.3. The van der Waals surface area contributed by atoms with E-state index in [2.05, 4.69) is 17.2 Å². The van der Waals surface area contributed by atoms with E-state index in [1.165, 1.54) is 4.68 Å². The van der Waals surface area contributed by atoms with Crippen molar-refractivity contribution in [2.45, 2.75) is 83.8 Å². The van der Waals surface area contributed by atoms with Gasteiger partial charge in [0.1, 0.15) is 23.4 Å². The summed E-state index contributed by atoms with van der Waals surface area (Å²) < 4.78 is 35.3. The molecule has 8 atom stereocenters. The van der Waals surface area contributed by atoms with Crippen molar-refractivity contribution in [3.8, 4) is 0 Å². The summed E-state index contributed by atoms with van der Waals surface area (Å²) in [6, 6.07) is 1.97. The minimum Gasteiger partial charge on any atom is -0.390 e. The maximum atomic E-state index is 14.5. The van der Waals surface area contributed by atoms with Crippen LogP contribution in [0, 0.1) is 52.1 Å². The van der Waals surface area contributed by atoms with Gasteiger partial charge in [0.15, 0.2) is 11.6 Å². The van der Waals surface area contributed by atoms with Crippen LogP contribution in [-0.4, -0.2) is 45.2 Å². The molecule has 0 radical (unpaired) electrons. The van der Waals surface area contributed by atoms with E-state index >= 15 is 0 Å². The Labute approximate surface area is 217 Å². The molecule has 0 saturated heterocycles. The summed E-state index contributed by atoms with van der Waals surface area (Å²) in [6.45, 7) is 5.01. The average molecular weight is 516 g/mol. The second-order valence-corrected chi connectivity index (χ2v) is 13.2. The van der Waals surface area contributed by atoms with Crippen molar-refractivity contribution in [3.05, 3.63) is 23.8 Å². The second-order valence-electron chi connectivity index (χ2n) is 13.2. The number of rotatable bonds is 5. The Morgan fingerprint density at radius 2 is 1.92 bits per heavy atom. The molecule has 1 aromatic carbocycles. The number of carbonyl (C=O) groups excluding carboxylic acids is 1. The molecule has 6 nitrogen and oxygen atoms in total. The highest BCUT2D eigenvalue weighted by molar-refractivity contribution is 5.84. The SMILES string of the molecule is COC[C@]12CC[C@@](C)(O)C[C@@H]1CC[C@H]1[C@@H]3CC[C@H](C(=O)Cn4nnc5cc(F)cc(F)c54)[C@@]3(C)CC[C@@H]12. The number of methoxy groups -OCH3 is 1. The summed E-state index contributed by atoms with van der Waals surface area (Å²) >= 11 is 0. The number of aliphatic hydroxyl groups is 1.